The van der Waals surface area contributed by atoms with E-state index >= 15 is 0 Å². The Morgan fingerprint density at radius 2 is 0.922 bits per heavy atom. The van der Waals surface area contributed by atoms with Crippen LogP contribution in [0.1, 0.15) is 5.56 Å². The smallest absolute Gasteiger partial charge is 0.227 e. The number of fused-ring (bicyclic) bond motifs is 2. The van der Waals surface area contributed by atoms with Gasteiger partial charge < -0.3 is 4.42 Å². The van der Waals surface area contributed by atoms with Gasteiger partial charge in [0, 0.05) is 22.3 Å². The number of nitriles is 1. The van der Waals surface area contributed by atoms with Crippen LogP contribution in [0.3, 0.4) is 0 Å². The van der Waals surface area contributed by atoms with Gasteiger partial charge in [0.1, 0.15) is 5.52 Å². The van der Waals surface area contributed by atoms with Crippen molar-refractivity contribution < 1.29 is 4.42 Å². The first-order chi connectivity index (χ1) is 25.2. The quantitative estimate of drug-likeness (QED) is 0.177. The minimum atomic E-state index is 0.582. The third-order valence-corrected chi connectivity index (χ3v) is 9.04. The lowest BCUT2D eigenvalue weighted by atomic mass is 9.89. The molecule has 0 aliphatic carbocycles. The van der Waals surface area contributed by atoms with E-state index in [4.69, 9.17) is 24.4 Å². The molecule has 0 spiro atoms. The van der Waals surface area contributed by atoms with Crippen molar-refractivity contribution in [1.29, 1.82) is 5.26 Å². The average Bonchev–Trinajstić information content (AvgIpc) is 3.65. The molecule has 0 bridgehead atoms. The SMILES string of the molecule is N#Cc1ccc(-c2ccc(-c3nc4ccccc4o3)c3ccccc23)c(-c2ccc(-c3nc(-c4ccccc4)nc(-c4ccccc4)n3)cc2)c1. The molecule has 6 heteroatoms. The molecule has 51 heavy (non-hydrogen) atoms. The second-order valence-electron chi connectivity index (χ2n) is 12.2. The van der Waals surface area contributed by atoms with E-state index in [0.29, 0.717) is 28.9 Å². The first-order valence-corrected chi connectivity index (χ1v) is 16.6. The monoisotopic (exact) mass is 653 g/mol. The normalized spacial score (nSPS) is 11.1. The highest BCUT2D eigenvalue weighted by molar-refractivity contribution is 6.06. The molecule has 7 aromatic carbocycles. The van der Waals surface area contributed by atoms with E-state index in [1.165, 1.54) is 0 Å². The lowest BCUT2D eigenvalue weighted by Gasteiger charge is -2.15. The Bertz CT molecular complexity index is 2660. The Kier molecular flexibility index (Phi) is 7.42. The molecule has 0 amide bonds. The van der Waals surface area contributed by atoms with Gasteiger partial charge in [-0.3, -0.25) is 0 Å². The topological polar surface area (TPSA) is 88.5 Å². The summed E-state index contributed by atoms with van der Waals surface area (Å²) >= 11 is 0. The van der Waals surface area contributed by atoms with Gasteiger partial charge in [0.2, 0.25) is 5.89 Å². The number of nitrogens with zero attached hydrogens (tertiary/aromatic N) is 5. The van der Waals surface area contributed by atoms with E-state index in [2.05, 4.69) is 42.5 Å². The van der Waals surface area contributed by atoms with Crippen LogP contribution in [-0.4, -0.2) is 19.9 Å². The predicted molar refractivity (Wildman–Crippen MR) is 202 cm³/mol. The number of hydrogen-bond acceptors (Lipinski definition) is 6. The van der Waals surface area contributed by atoms with Gasteiger partial charge in [0.25, 0.3) is 0 Å². The molecular weight excluding hydrogens is 627 g/mol. The molecule has 0 atom stereocenters. The van der Waals surface area contributed by atoms with Gasteiger partial charge in [-0.2, -0.15) is 5.26 Å². The second kappa shape index (κ2) is 12.7. The van der Waals surface area contributed by atoms with E-state index in [-0.39, 0.29) is 0 Å². The maximum absolute atomic E-state index is 9.91. The molecule has 0 N–H and O–H groups in total. The van der Waals surface area contributed by atoms with Crippen molar-refractivity contribution >= 4 is 21.9 Å². The molecule has 0 aliphatic rings. The van der Waals surface area contributed by atoms with Gasteiger partial charge in [-0.1, -0.05) is 133 Å². The largest absolute Gasteiger partial charge is 0.436 e. The zero-order valence-corrected chi connectivity index (χ0v) is 27.2. The molecular formula is C45H27N5O. The van der Waals surface area contributed by atoms with Gasteiger partial charge in [-0.15, -0.1) is 0 Å². The molecule has 0 saturated carbocycles. The zero-order chi connectivity index (χ0) is 34.1. The molecule has 0 unspecified atom stereocenters. The second-order valence-corrected chi connectivity index (χ2v) is 12.2. The maximum Gasteiger partial charge on any atom is 0.227 e. The predicted octanol–water partition coefficient (Wildman–Crippen LogP) is 11.0. The van der Waals surface area contributed by atoms with Crippen LogP contribution in [0.5, 0.6) is 0 Å². The van der Waals surface area contributed by atoms with Crippen molar-refractivity contribution in [1.82, 2.24) is 19.9 Å². The minimum absolute atomic E-state index is 0.582. The van der Waals surface area contributed by atoms with Crippen LogP contribution in [0.15, 0.2) is 168 Å². The first-order valence-electron chi connectivity index (χ1n) is 16.6. The van der Waals surface area contributed by atoms with Crippen molar-refractivity contribution in [2.45, 2.75) is 0 Å². The van der Waals surface area contributed by atoms with E-state index in [1.807, 2.05) is 127 Å². The molecule has 9 rings (SSSR count). The zero-order valence-electron chi connectivity index (χ0n) is 27.2. The Morgan fingerprint density at radius 3 is 1.55 bits per heavy atom. The molecule has 2 heterocycles. The number of benzene rings is 7. The lowest BCUT2D eigenvalue weighted by Crippen LogP contribution is -2.00. The summed E-state index contributed by atoms with van der Waals surface area (Å²) < 4.78 is 6.18. The van der Waals surface area contributed by atoms with Gasteiger partial charge in [0.05, 0.1) is 11.6 Å². The van der Waals surface area contributed by atoms with Gasteiger partial charge in [-0.05, 0) is 63.4 Å². The molecule has 0 saturated heterocycles. The van der Waals surface area contributed by atoms with Gasteiger partial charge in [0.15, 0.2) is 23.1 Å². The Balaban J connectivity index is 1.15. The highest BCUT2D eigenvalue weighted by Crippen LogP contribution is 2.41. The third-order valence-electron chi connectivity index (χ3n) is 9.04. The third kappa shape index (κ3) is 5.59. The summed E-state index contributed by atoms with van der Waals surface area (Å²) in [4.78, 5) is 19.4. The summed E-state index contributed by atoms with van der Waals surface area (Å²) in [6.07, 6.45) is 0. The molecule has 238 valence electrons. The standard InChI is InChI=1S/C45H27N5O/c46-28-29-19-24-37(36-25-26-38(35-16-8-7-15-34(35)36)45-47-40-17-9-10-18-41(40)51-45)39(27-29)30-20-22-33(23-21-30)44-49-42(31-11-3-1-4-12-31)48-43(50-44)32-13-5-2-6-14-32/h1-27H. The summed E-state index contributed by atoms with van der Waals surface area (Å²) in [5.74, 6) is 2.39. The van der Waals surface area contributed by atoms with Crippen LogP contribution in [0.2, 0.25) is 0 Å². The highest BCUT2D eigenvalue weighted by atomic mass is 16.3. The van der Waals surface area contributed by atoms with Crippen LogP contribution in [-0.2, 0) is 0 Å². The number of hydrogen-bond donors (Lipinski definition) is 0. The van der Waals surface area contributed by atoms with E-state index < -0.39 is 0 Å². The maximum atomic E-state index is 9.91. The Morgan fingerprint density at radius 1 is 0.412 bits per heavy atom. The van der Waals surface area contributed by atoms with E-state index in [1.54, 1.807) is 0 Å². The molecule has 2 aromatic heterocycles. The molecule has 0 fully saturated rings. The van der Waals surface area contributed by atoms with E-state index in [0.717, 1.165) is 66.4 Å². The van der Waals surface area contributed by atoms with E-state index in [9.17, 15) is 5.26 Å². The van der Waals surface area contributed by atoms with Crippen molar-refractivity contribution in [3.8, 4) is 73.9 Å². The summed E-state index contributed by atoms with van der Waals surface area (Å²) in [6, 6.07) is 56.6. The lowest BCUT2D eigenvalue weighted by molar-refractivity contribution is 0.620. The summed E-state index contributed by atoms with van der Waals surface area (Å²) in [5.41, 5.74) is 9.77. The van der Waals surface area contributed by atoms with Crippen LogP contribution in [0.4, 0.5) is 0 Å². The summed E-state index contributed by atoms with van der Waals surface area (Å²) in [7, 11) is 0. The Hall–Kier alpha value is -7.23. The fourth-order valence-corrected chi connectivity index (χ4v) is 6.53. The molecule has 9 aromatic rings. The number of oxazole rings is 1. The summed E-state index contributed by atoms with van der Waals surface area (Å²) in [6.45, 7) is 0. The van der Waals surface area contributed by atoms with Gasteiger partial charge >= 0.3 is 0 Å². The van der Waals surface area contributed by atoms with Gasteiger partial charge in [-0.25, -0.2) is 19.9 Å². The van der Waals surface area contributed by atoms with Crippen LogP contribution in [0, 0.1) is 11.3 Å². The molecule has 0 aliphatic heterocycles. The number of rotatable bonds is 6. The molecule has 6 nitrogen and oxygen atoms in total. The van der Waals surface area contributed by atoms with Crippen molar-refractivity contribution in [3.63, 3.8) is 0 Å². The summed E-state index contributed by atoms with van der Waals surface area (Å²) in [5, 5.41) is 12.0. The minimum Gasteiger partial charge on any atom is -0.436 e. The number of para-hydroxylation sites is 2. The fourth-order valence-electron chi connectivity index (χ4n) is 6.53. The Labute approximate surface area is 294 Å². The number of aromatic nitrogens is 4. The highest BCUT2D eigenvalue weighted by Gasteiger charge is 2.18. The van der Waals surface area contributed by atoms with Crippen molar-refractivity contribution in [2.24, 2.45) is 0 Å². The van der Waals surface area contributed by atoms with Crippen molar-refractivity contribution in [2.75, 3.05) is 0 Å². The molecule has 0 radical (unpaired) electrons. The first kappa shape index (κ1) is 29.9. The van der Waals surface area contributed by atoms with Crippen LogP contribution < -0.4 is 0 Å². The van der Waals surface area contributed by atoms with Crippen LogP contribution in [0.25, 0.3) is 89.7 Å². The van der Waals surface area contributed by atoms with Crippen LogP contribution >= 0.6 is 0 Å². The fraction of sp³-hybridized carbons (Fsp3) is 0. The van der Waals surface area contributed by atoms with Crippen molar-refractivity contribution in [3.05, 3.63) is 169 Å². The average molecular weight is 654 g/mol.